The van der Waals surface area contributed by atoms with E-state index in [1.165, 1.54) is 25.8 Å². The number of nitrogens with zero attached hydrogens (tertiary/aromatic N) is 2. The molecule has 0 fully saturated rings. The minimum absolute atomic E-state index is 0.403. The van der Waals surface area contributed by atoms with Gasteiger partial charge in [0.1, 0.15) is 5.75 Å². The Hall–Kier alpha value is -1.81. The van der Waals surface area contributed by atoms with Gasteiger partial charge >= 0.3 is 0 Å². The number of benzene rings is 1. The molecule has 1 aromatic carbocycles. The molecule has 1 unspecified atom stereocenters. The van der Waals surface area contributed by atoms with Crippen molar-refractivity contribution in [2.75, 3.05) is 32.1 Å². The van der Waals surface area contributed by atoms with E-state index in [9.17, 15) is 0 Å². The Morgan fingerprint density at radius 2 is 2.00 bits per heavy atom. The van der Waals surface area contributed by atoms with E-state index in [1.54, 1.807) is 7.11 Å². The van der Waals surface area contributed by atoms with Crippen LogP contribution in [0.4, 0.5) is 5.69 Å². The number of methoxy groups -OCH3 is 1. The second-order valence-electron chi connectivity index (χ2n) is 6.65. The van der Waals surface area contributed by atoms with Crippen LogP contribution in [0.5, 0.6) is 5.75 Å². The normalized spacial score (nSPS) is 12.5. The Balaban J connectivity index is 2.18. The van der Waals surface area contributed by atoms with Crippen LogP contribution in [0.25, 0.3) is 10.9 Å². The lowest BCUT2D eigenvalue weighted by Crippen LogP contribution is -2.37. The summed E-state index contributed by atoms with van der Waals surface area (Å²) in [6.45, 7) is 10.2. The van der Waals surface area contributed by atoms with Crippen LogP contribution >= 0.6 is 0 Å². The molecule has 0 aliphatic heterocycles. The van der Waals surface area contributed by atoms with Crippen LogP contribution in [-0.4, -0.2) is 42.7 Å². The minimum atomic E-state index is 0.403. The van der Waals surface area contributed by atoms with Gasteiger partial charge in [0, 0.05) is 30.2 Å². The van der Waals surface area contributed by atoms with Crippen LogP contribution in [0, 0.1) is 0 Å². The number of ether oxygens (including phenoxy) is 1. The summed E-state index contributed by atoms with van der Waals surface area (Å²) in [6, 6.07) is 8.56. The first kappa shape index (κ1) is 19.5. The van der Waals surface area contributed by atoms with Crippen LogP contribution < -0.4 is 10.1 Å². The van der Waals surface area contributed by atoms with E-state index in [0.717, 1.165) is 41.9 Å². The van der Waals surface area contributed by atoms with E-state index in [4.69, 9.17) is 4.74 Å². The van der Waals surface area contributed by atoms with Gasteiger partial charge in [-0.15, -0.1) is 0 Å². The smallest absolute Gasteiger partial charge is 0.121 e. The second kappa shape index (κ2) is 10.2. The second-order valence-corrected chi connectivity index (χ2v) is 6.65. The van der Waals surface area contributed by atoms with Gasteiger partial charge in [-0.05, 0) is 44.5 Å². The van der Waals surface area contributed by atoms with Crippen molar-refractivity contribution in [3.8, 4) is 5.75 Å². The summed E-state index contributed by atoms with van der Waals surface area (Å²) in [5.41, 5.74) is 2.08. The van der Waals surface area contributed by atoms with Gasteiger partial charge in [0.05, 0.1) is 18.3 Å². The molecule has 2 rings (SSSR count). The predicted molar refractivity (Wildman–Crippen MR) is 108 cm³/mol. The molecular weight excluding hydrogens is 310 g/mol. The van der Waals surface area contributed by atoms with E-state index in [1.807, 2.05) is 18.3 Å². The quantitative estimate of drug-likeness (QED) is 0.626. The fourth-order valence-corrected chi connectivity index (χ4v) is 3.19. The van der Waals surface area contributed by atoms with Gasteiger partial charge in [0.25, 0.3) is 0 Å². The van der Waals surface area contributed by atoms with Crippen LogP contribution in [0.1, 0.15) is 46.5 Å². The lowest BCUT2D eigenvalue weighted by molar-refractivity contribution is 0.256. The number of rotatable bonds is 11. The van der Waals surface area contributed by atoms with Crippen molar-refractivity contribution in [2.24, 2.45) is 0 Å². The van der Waals surface area contributed by atoms with E-state index >= 15 is 0 Å². The maximum absolute atomic E-state index is 5.47. The van der Waals surface area contributed by atoms with Crippen molar-refractivity contribution in [1.82, 2.24) is 9.88 Å². The third-order valence-corrected chi connectivity index (χ3v) is 4.61. The number of nitrogens with one attached hydrogen (secondary N) is 1. The van der Waals surface area contributed by atoms with Crippen molar-refractivity contribution < 1.29 is 4.74 Å². The highest BCUT2D eigenvalue weighted by Crippen LogP contribution is 2.28. The first-order valence-electron chi connectivity index (χ1n) is 9.63. The number of hydrogen-bond acceptors (Lipinski definition) is 4. The maximum Gasteiger partial charge on any atom is 0.121 e. The third kappa shape index (κ3) is 5.60. The lowest BCUT2D eigenvalue weighted by Gasteiger charge is -2.28. The average Bonchev–Trinajstić information content (AvgIpc) is 2.65. The third-order valence-electron chi connectivity index (χ3n) is 4.61. The molecule has 0 amide bonds. The zero-order valence-electron chi connectivity index (χ0n) is 16.2. The summed E-state index contributed by atoms with van der Waals surface area (Å²) in [6.07, 6.45) is 6.64. The fourth-order valence-electron chi connectivity index (χ4n) is 3.19. The summed E-state index contributed by atoms with van der Waals surface area (Å²) >= 11 is 0. The summed E-state index contributed by atoms with van der Waals surface area (Å²) < 4.78 is 5.47. The molecule has 0 saturated carbocycles. The van der Waals surface area contributed by atoms with Crippen LogP contribution in [0.15, 0.2) is 30.5 Å². The summed E-state index contributed by atoms with van der Waals surface area (Å²) in [5, 5.41) is 4.83. The van der Waals surface area contributed by atoms with Crippen LogP contribution in [0.3, 0.4) is 0 Å². The standard InChI is InChI=1S/C21H33N3O/c1-5-8-13-24(12-6-2)16-18(7-3)23-20-15-19(25-4)14-17-10-9-11-22-21(17)20/h9-11,14-15,18,23H,5-8,12-13,16H2,1-4H3. The Morgan fingerprint density at radius 1 is 1.16 bits per heavy atom. The summed E-state index contributed by atoms with van der Waals surface area (Å²) in [4.78, 5) is 7.16. The van der Waals surface area contributed by atoms with E-state index < -0.39 is 0 Å². The topological polar surface area (TPSA) is 37.4 Å². The first-order valence-corrected chi connectivity index (χ1v) is 9.63. The zero-order chi connectivity index (χ0) is 18.1. The highest BCUT2D eigenvalue weighted by molar-refractivity contribution is 5.91. The van der Waals surface area contributed by atoms with Crippen molar-refractivity contribution in [2.45, 2.75) is 52.5 Å². The van der Waals surface area contributed by atoms with Crippen molar-refractivity contribution in [3.05, 3.63) is 30.5 Å². The van der Waals surface area contributed by atoms with Gasteiger partial charge in [-0.25, -0.2) is 0 Å². The van der Waals surface area contributed by atoms with Gasteiger partial charge in [-0.2, -0.15) is 0 Å². The molecule has 4 nitrogen and oxygen atoms in total. The molecule has 1 N–H and O–H groups in total. The van der Waals surface area contributed by atoms with Crippen LogP contribution in [-0.2, 0) is 0 Å². The minimum Gasteiger partial charge on any atom is -0.497 e. The van der Waals surface area contributed by atoms with Crippen LogP contribution in [0.2, 0.25) is 0 Å². The molecule has 0 spiro atoms. The SMILES string of the molecule is CCCCN(CCC)CC(CC)Nc1cc(OC)cc2cccnc12. The summed E-state index contributed by atoms with van der Waals surface area (Å²) in [5.74, 6) is 0.870. The Kier molecular flexibility index (Phi) is 7.99. The molecule has 4 heteroatoms. The Bertz CT molecular complexity index is 644. The van der Waals surface area contributed by atoms with E-state index in [-0.39, 0.29) is 0 Å². The molecular formula is C21H33N3O. The zero-order valence-corrected chi connectivity index (χ0v) is 16.2. The summed E-state index contributed by atoms with van der Waals surface area (Å²) in [7, 11) is 1.71. The monoisotopic (exact) mass is 343 g/mol. The van der Waals surface area contributed by atoms with E-state index in [2.05, 4.69) is 48.1 Å². The van der Waals surface area contributed by atoms with Crippen molar-refractivity contribution >= 4 is 16.6 Å². The Morgan fingerprint density at radius 3 is 2.68 bits per heavy atom. The molecule has 0 aliphatic carbocycles. The van der Waals surface area contributed by atoms with Gasteiger partial charge in [0.15, 0.2) is 0 Å². The van der Waals surface area contributed by atoms with Gasteiger partial charge in [-0.3, -0.25) is 4.98 Å². The highest BCUT2D eigenvalue weighted by Gasteiger charge is 2.14. The maximum atomic E-state index is 5.47. The van der Waals surface area contributed by atoms with Crippen molar-refractivity contribution in [1.29, 1.82) is 0 Å². The molecule has 0 bridgehead atoms. The largest absolute Gasteiger partial charge is 0.497 e. The molecule has 0 aliphatic rings. The molecule has 0 saturated heterocycles. The number of pyridine rings is 1. The predicted octanol–water partition coefficient (Wildman–Crippen LogP) is 4.95. The molecule has 1 aromatic heterocycles. The number of aromatic nitrogens is 1. The molecule has 2 aromatic rings. The van der Waals surface area contributed by atoms with E-state index in [0.29, 0.717) is 6.04 Å². The average molecular weight is 344 g/mol. The van der Waals surface area contributed by atoms with Gasteiger partial charge in [-0.1, -0.05) is 33.3 Å². The van der Waals surface area contributed by atoms with Gasteiger partial charge < -0.3 is 15.0 Å². The molecule has 1 heterocycles. The lowest BCUT2D eigenvalue weighted by atomic mass is 10.1. The fraction of sp³-hybridized carbons (Fsp3) is 0.571. The first-order chi connectivity index (χ1) is 12.2. The molecule has 138 valence electrons. The van der Waals surface area contributed by atoms with Crippen molar-refractivity contribution in [3.63, 3.8) is 0 Å². The van der Waals surface area contributed by atoms with Gasteiger partial charge in [0.2, 0.25) is 0 Å². The number of unbranched alkanes of at least 4 members (excludes halogenated alkanes) is 1. The molecule has 0 radical (unpaired) electrons. The highest BCUT2D eigenvalue weighted by atomic mass is 16.5. The molecule has 1 atom stereocenters. The number of fused-ring (bicyclic) bond motifs is 1. The number of anilines is 1. The molecule has 25 heavy (non-hydrogen) atoms. The Labute approximate surface area is 152 Å². The number of hydrogen-bond donors (Lipinski definition) is 1.